The van der Waals surface area contributed by atoms with Gasteiger partial charge in [0.15, 0.2) is 0 Å². The van der Waals surface area contributed by atoms with Crippen LogP contribution < -0.4 is 9.64 Å². The number of rotatable bonds is 2. The van der Waals surface area contributed by atoms with Crippen LogP contribution in [-0.2, 0) is 0 Å². The predicted octanol–water partition coefficient (Wildman–Crippen LogP) is 3.60. The molecule has 1 aromatic rings. The average Bonchev–Trinajstić information content (AvgIpc) is 2.51. The summed E-state index contributed by atoms with van der Waals surface area (Å²) in [5, 5.41) is 0. The minimum absolute atomic E-state index is 0.107. The summed E-state index contributed by atoms with van der Waals surface area (Å²) in [5.41, 5.74) is 0.726. The lowest BCUT2D eigenvalue weighted by molar-refractivity contribution is -0.125. The Labute approximate surface area is 112 Å². The zero-order chi connectivity index (χ0) is 13.2. The Morgan fingerprint density at radius 3 is 2.78 bits per heavy atom. The van der Waals surface area contributed by atoms with Crippen LogP contribution in [0.15, 0.2) is 24.3 Å². The molecule has 0 saturated carbocycles. The number of benzene rings is 1. The Hall–Kier alpha value is -0.910. The molecule has 1 aliphatic heterocycles. The lowest BCUT2D eigenvalue weighted by atomic mass is 10.2. The van der Waals surface area contributed by atoms with E-state index in [1.165, 1.54) is 0 Å². The van der Waals surface area contributed by atoms with Gasteiger partial charge in [0, 0.05) is 13.1 Å². The minimum atomic E-state index is -4.23. The number of anilines is 1. The molecule has 0 amide bonds. The van der Waals surface area contributed by atoms with Crippen LogP contribution in [0.3, 0.4) is 0 Å². The maximum atomic E-state index is 12.6. The van der Waals surface area contributed by atoms with Crippen molar-refractivity contribution in [1.29, 1.82) is 0 Å². The molecule has 1 unspecified atom stereocenters. The highest BCUT2D eigenvalue weighted by atomic mass is 79.9. The summed E-state index contributed by atoms with van der Waals surface area (Å²) in [6.07, 6.45) is -3.52. The molecular formula is C12H13BrF3NO. The second-order valence-electron chi connectivity index (χ2n) is 4.12. The first kappa shape index (κ1) is 13.5. The van der Waals surface area contributed by atoms with E-state index in [1.54, 1.807) is 23.1 Å². The van der Waals surface area contributed by atoms with Crippen LogP contribution in [0, 0.1) is 0 Å². The van der Waals surface area contributed by atoms with Crippen LogP contribution in [0.25, 0.3) is 0 Å². The van der Waals surface area contributed by atoms with Gasteiger partial charge >= 0.3 is 6.18 Å². The van der Waals surface area contributed by atoms with Crippen molar-refractivity contribution in [3.05, 3.63) is 24.3 Å². The molecular weight excluding hydrogens is 311 g/mol. The van der Waals surface area contributed by atoms with Crippen molar-refractivity contribution in [2.24, 2.45) is 0 Å². The standard InChI is InChI=1S/C12H13BrF3NO/c13-11(12(14,15)16)8-17-6-3-7-18-10-5-2-1-4-9(10)17/h1-2,4-5,11H,3,6-8H2. The van der Waals surface area contributed by atoms with Gasteiger partial charge in [0.1, 0.15) is 10.6 Å². The van der Waals surface area contributed by atoms with Crippen LogP contribution in [0.2, 0.25) is 0 Å². The molecule has 2 nitrogen and oxygen atoms in total. The van der Waals surface area contributed by atoms with E-state index < -0.39 is 11.0 Å². The molecule has 0 aromatic heterocycles. The Morgan fingerprint density at radius 1 is 1.33 bits per heavy atom. The smallest absolute Gasteiger partial charge is 0.402 e. The maximum absolute atomic E-state index is 12.6. The van der Waals surface area contributed by atoms with Crippen LogP contribution in [0.1, 0.15) is 6.42 Å². The third-order valence-electron chi connectivity index (χ3n) is 2.77. The van der Waals surface area contributed by atoms with Crippen molar-refractivity contribution in [2.75, 3.05) is 24.6 Å². The Morgan fingerprint density at radius 2 is 2.06 bits per heavy atom. The lowest BCUT2D eigenvalue weighted by Gasteiger charge is -2.27. The number of halogens is 4. The summed E-state index contributed by atoms with van der Waals surface area (Å²) in [5.74, 6) is 0.650. The van der Waals surface area contributed by atoms with E-state index >= 15 is 0 Å². The van der Waals surface area contributed by atoms with Gasteiger partial charge in [0.2, 0.25) is 0 Å². The van der Waals surface area contributed by atoms with E-state index in [4.69, 9.17) is 4.74 Å². The van der Waals surface area contributed by atoms with Gasteiger partial charge in [-0.3, -0.25) is 0 Å². The highest BCUT2D eigenvalue weighted by Gasteiger charge is 2.39. The van der Waals surface area contributed by atoms with Crippen LogP contribution in [0.4, 0.5) is 18.9 Å². The first-order chi connectivity index (χ1) is 8.48. The van der Waals surface area contributed by atoms with Crippen LogP contribution >= 0.6 is 15.9 Å². The molecule has 0 N–H and O–H groups in total. The average molecular weight is 324 g/mol. The molecule has 0 bridgehead atoms. The van der Waals surface area contributed by atoms with Crippen molar-refractivity contribution >= 4 is 21.6 Å². The Balaban J connectivity index is 2.18. The molecule has 1 aliphatic rings. The number of hydrogen-bond donors (Lipinski definition) is 0. The Kier molecular flexibility index (Phi) is 4.04. The second-order valence-corrected chi connectivity index (χ2v) is 5.23. The van der Waals surface area contributed by atoms with Crippen molar-refractivity contribution < 1.29 is 17.9 Å². The summed E-state index contributed by atoms with van der Waals surface area (Å²) in [4.78, 5) is 0.186. The molecule has 18 heavy (non-hydrogen) atoms. The highest BCUT2D eigenvalue weighted by Crippen LogP contribution is 2.33. The normalized spacial score (nSPS) is 17.7. The molecule has 0 radical (unpaired) electrons. The molecule has 1 heterocycles. The molecule has 0 saturated heterocycles. The minimum Gasteiger partial charge on any atom is -0.491 e. The predicted molar refractivity (Wildman–Crippen MR) is 67.5 cm³/mol. The van der Waals surface area contributed by atoms with Crippen molar-refractivity contribution in [1.82, 2.24) is 0 Å². The van der Waals surface area contributed by atoms with Gasteiger partial charge in [0.25, 0.3) is 0 Å². The maximum Gasteiger partial charge on any atom is 0.402 e. The number of nitrogens with zero attached hydrogens (tertiary/aromatic N) is 1. The van der Waals surface area contributed by atoms with Gasteiger partial charge in [-0.2, -0.15) is 13.2 Å². The molecule has 6 heteroatoms. The second kappa shape index (κ2) is 5.38. The van der Waals surface area contributed by atoms with E-state index in [2.05, 4.69) is 15.9 Å². The van der Waals surface area contributed by atoms with E-state index in [0.717, 1.165) is 5.69 Å². The summed E-state index contributed by atoms with van der Waals surface area (Å²) in [6, 6.07) is 7.19. The first-order valence-corrected chi connectivity index (χ1v) is 6.57. The van der Waals surface area contributed by atoms with Gasteiger partial charge in [-0.05, 0) is 18.6 Å². The lowest BCUT2D eigenvalue weighted by Crippen LogP contribution is -2.37. The quantitative estimate of drug-likeness (QED) is 0.771. The molecule has 100 valence electrons. The van der Waals surface area contributed by atoms with E-state index in [9.17, 15) is 13.2 Å². The van der Waals surface area contributed by atoms with E-state index in [1.807, 2.05) is 6.07 Å². The summed E-state index contributed by atoms with van der Waals surface area (Å²) in [6.45, 7) is 0.992. The van der Waals surface area contributed by atoms with E-state index in [-0.39, 0.29) is 6.54 Å². The van der Waals surface area contributed by atoms with Crippen molar-refractivity contribution in [2.45, 2.75) is 17.4 Å². The first-order valence-electron chi connectivity index (χ1n) is 5.66. The summed E-state index contributed by atoms with van der Waals surface area (Å²) in [7, 11) is 0. The van der Waals surface area contributed by atoms with Gasteiger partial charge in [0.05, 0.1) is 12.3 Å². The number of hydrogen-bond acceptors (Lipinski definition) is 2. The van der Waals surface area contributed by atoms with E-state index in [0.29, 0.717) is 25.3 Å². The number of alkyl halides is 4. The molecule has 0 spiro atoms. The monoisotopic (exact) mass is 323 g/mol. The topological polar surface area (TPSA) is 12.5 Å². The molecule has 0 aliphatic carbocycles. The van der Waals surface area contributed by atoms with Crippen LogP contribution in [-0.4, -0.2) is 30.7 Å². The molecule has 1 aromatic carbocycles. The number of ether oxygens (including phenoxy) is 1. The molecule has 1 atom stereocenters. The fourth-order valence-corrected chi connectivity index (χ4v) is 2.23. The SMILES string of the molecule is FC(F)(F)C(Br)CN1CCCOc2ccccc21. The zero-order valence-electron chi connectivity index (χ0n) is 9.58. The van der Waals surface area contributed by atoms with Crippen LogP contribution in [0.5, 0.6) is 5.75 Å². The summed E-state index contributed by atoms with van der Waals surface area (Å²) >= 11 is 2.70. The fourth-order valence-electron chi connectivity index (χ4n) is 1.89. The van der Waals surface area contributed by atoms with Gasteiger partial charge < -0.3 is 9.64 Å². The van der Waals surface area contributed by atoms with Gasteiger partial charge in [-0.25, -0.2) is 0 Å². The largest absolute Gasteiger partial charge is 0.491 e. The number of para-hydroxylation sites is 2. The highest BCUT2D eigenvalue weighted by molar-refractivity contribution is 9.09. The fraction of sp³-hybridized carbons (Fsp3) is 0.500. The molecule has 0 fully saturated rings. The van der Waals surface area contributed by atoms with Gasteiger partial charge in [-0.15, -0.1) is 0 Å². The Bertz CT molecular complexity index is 411. The van der Waals surface area contributed by atoms with Gasteiger partial charge in [-0.1, -0.05) is 28.1 Å². The number of fused-ring (bicyclic) bond motifs is 1. The zero-order valence-corrected chi connectivity index (χ0v) is 11.2. The van der Waals surface area contributed by atoms with Crippen molar-refractivity contribution in [3.63, 3.8) is 0 Å². The third kappa shape index (κ3) is 3.10. The van der Waals surface area contributed by atoms with Crippen molar-refractivity contribution in [3.8, 4) is 5.75 Å². The summed E-state index contributed by atoms with van der Waals surface area (Å²) < 4.78 is 43.2. The third-order valence-corrected chi connectivity index (χ3v) is 3.58. The molecule has 2 rings (SSSR count).